The first-order valence-electron chi connectivity index (χ1n) is 6.95. The number of hydrogen-bond acceptors (Lipinski definition) is 3. The molecule has 18 heavy (non-hydrogen) atoms. The van der Waals surface area contributed by atoms with Gasteiger partial charge in [0.05, 0.1) is 0 Å². The molecule has 0 aromatic heterocycles. The average Bonchev–Trinajstić information content (AvgIpc) is 2.88. The van der Waals surface area contributed by atoms with Gasteiger partial charge in [0, 0.05) is 5.54 Å². The van der Waals surface area contributed by atoms with E-state index in [9.17, 15) is 0 Å². The third-order valence-corrected chi connectivity index (χ3v) is 4.16. The Labute approximate surface area is 108 Å². The minimum Gasteiger partial charge on any atom is -0.486 e. The summed E-state index contributed by atoms with van der Waals surface area (Å²) in [5, 5.41) is 3.68. The molecule has 1 atom stereocenters. The normalized spacial score (nSPS) is 26.3. The maximum atomic E-state index is 5.65. The highest BCUT2D eigenvalue weighted by Gasteiger charge is 2.31. The number of hydrogen-bond donors (Lipinski definition) is 1. The van der Waals surface area contributed by atoms with E-state index in [1.54, 1.807) is 0 Å². The second kappa shape index (κ2) is 4.81. The van der Waals surface area contributed by atoms with E-state index in [2.05, 4.69) is 24.4 Å². The number of benzene rings is 1. The average molecular weight is 247 g/mol. The Morgan fingerprint density at radius 1 is 1.22 bits per heavy atom. The lowest BCUT2D eigenvalue weighted by atomic mass is 9.87. The second-order valence-electron chi connectivity index (χ2n) is 5.32. The van der Waals surface area contributed by atoms with Crippen molar-refractivity contribution in [2.24, 2.45) is 0 Å². The van der Waals surface area contributed by atoms with Crippen LogP contribution in [0, 0.1) is 0 Å². The van der Waals surface area contributed by atoms with Crippen LogP contribution in [0.5, 0.6) is 11.5 Å². The molecule has 0 radical (unpaired) electrons. The molecule has 2 aliphatic heterocycles. The van der Waals surface area contributed by atoms with Crippen molar-refractivity contribution in [3.05, 3.63) is 23.8 Å². The van der Waals surface area contributed by atoms with E-state index in [1.807, 2.05) is 6.07 Å². The van der Waals surface area contributed by atoms with Crippen LogP contribution >= 0.6 is 0 Å². The Hall–Kier alpha value is -1.22. The number of ether oxygens (including phenoxy) is 2. The van der Waals surface area contributed by atoms with Crippen LogP contribution in [0.4, 0.5) is 0 Å². The van der Waals surface area contributed by atoms with Crippen LogP contribution in [-0.2, 0) is 6.42 Å². The van der Waals surface area contributed by atoms with Crippen molar-refractivity contribution in [3.8, 4) is 11.5 Å². The Morgan fingerprint density at radius 2 is 2.06 bits per heavy atom. The Balaban J connectivity index is 1.80. The molecule has 1 N–H and O–H groups in total. The molecule has 1 fully saturated rings. The molecular weight excluding hydrogens is 226 g/mol. The zero-order chi connectivity index (χ0) is 12.4. The lowest BCUT2D eigenvalue weighted by Gasteiger charge is -2.29. The van der Waals surface area contributed by atoms with Gasteiger partial charge in [-0.15, -0.1) is 0 Å². The molecule has 3 rings (SSSR count). The summed E-state index contributed by atoms with van der Waals surface area (Å²) in [5.41, 5.74) is 1.64. The van der Waals surface area contributed by atoms with E-state index in [-0.39, 0.29) is 0 Å². The van der Waals surface area contributed by atoms with Crippen LogP contribution in [0.3, 0.4) is 0 Å². The Bertz CT molecular complexity index is 425. The van der Waals surface area contributed by atoms with Gasteiger partial charge in [0.15, 0.2) is 11.5 Å². The van der Waals surface area contributed by atoms with Crippen LogP contribution in [0.25, 0.3) is 0 Å². The lowest BCUT2D eigenvalue weighted by Crippen LogP contribution is -2.41. The first-order valence-corrected chi connectivity index (χ1v) is 6.95. The summed E-state index contributed by atoms with van der Waals surface area (Å²) in [6, 6.07) is 6.36. The second-order valence-corrected chi connectivity index (χ2v) is 5.32. The molecule has 2 heterocycles. The maximum absolute atomic E-state index is 5.65. The summed E-state index contributed by atoms with van der Waals surface area (Å²) >= 11 is 0. The fourth-order valence-corrected chi connectivity index (χ4v) is 3.03. The molecular formula is C15H21NO2. The highest BCUT2D eigenvalue weighted by atomic mass is 16.6. The minimum absolute atomic E-state index is 0.295. The Morgan fingerprint density at radius 3 is 2.78 bits per heavy atom. The topological polar surface area (TPSA) is 30.5 Å². The smallest absolute Gasteiger partial charge is 0.161 e. The molecule has 3 nitrogen and oxygen atoms in total. The van der Waals surface area contributed by atoms with E-state index < -0.39 is 0 Å². The van der Waals surface area contributed by atoms with Crippen molar-refractivity contribution >= 4 is 0 Å². The molecule has 3 heteroatoms. The summed E-state index contributed by atoms with van der Waals surface area (Å²) in [6.07, 6.45) is 4.83. The predicted molar refractivity (Wildman–Crippen MR) is 71.4 cm³/mol. The summed E-state index contributed by atoms with van der Waals surface area (Å²) in [5.74, 6) is 1.79. The molecule has 1 aromatic rings. The van der Waals surface area contributed by atoms with Crippen molar-refractivity contribution in [1.82, 2.24) is 5.32 Å². The first kappa shape index (κ1) is 11.8. The van der Waals surface area contributed by atoms with Crippen molar-refractivity contribution in [1.29, 1.82) is 0 Å². The van der Waals surface area contributed by atoms with Gasteiger partial charge in [-0.05, 0) is 49.9 Å². The predicted octanol–water partition coefficient (Wildman–Crippen LogP) is 2.53. The standard InChI is InChI=1S/C15H21NO2/c1-2-15(6-3-7-16-15)11-12-4-5-13-14(10-12)18-9-8-17-13/h4-5,10,16H,2-3,6-9,11H2,1H3. The number of nitrogens with one attached hydrogen (secondary N) is 1. The van der Waals surface area contributed by atoms with Crippen LogP contribution in [0.1, 0.15) is 31.7 Å². The van der Waals surface area contributed by atoms with Gasteiger partial charge in [-0.2, -0.15) is 0 Å². The fraction of sp³-hybridized carbons (Fsp3) is 0.600. The zero-order valence-corrected chi connectivity index (χ0v) is 11.0. The van der Waals surface area contributed by atoms with Crippen molar-refractivity contribution in [2.45, 2.75) is 38.1 Å². The van der Waals surface area contributed by atoms with Gasteiger partial charge in [0.2, 0.25) is 0 Å². The molecule has 0 aliphatic carbocycles. The molecule has 0 bridgehead atoms. The monoisotopic (exact) mass is 247 g/mol. The molecule has 0 saturated carbocycles. The third kappa shape index (κ3) is 2.19. The Kier molecular flexibility index (Phi) is 3.16. The van der Waals surface area contributed by atoms with Gasteiger partial charge in [-0.3, -0.25) is 0 Å². The van der Waals surface area contributed by atoms with E-state index in [1.165, 1.54) is 24.8 Å². The van der Waals surface area contributed by atoms with Gasteiger partial charge in [0.1, 0.15) is 13.2 Å². The van der Waals surface area contributed by atoms with Crippen molar-refractivity contribution < 1.29 is 9.47 Å². The fourth-order valence-electron chi connectivity index (χ4n) is 3.03. The minimum atomic E-state index is 0.295. The quantitative estimate of drug-likeness (QED) is 0.890. The molecule has 1 unspecified atom stereocenters. The van der Waals surface area contributed by atoms with Crippen LogP contribution < -0.4 is 14.8 Å². The molecule has 0 amide bonds. The van der Waals surface area contributed by atoms with E-state index >= 15 is 0 Å². The highest BCUT2D eigenvalue weighted by molar-refractivity contribution is 5.44. The summed E-state index contributed by atoms with van der Waals surface area (Å²) in [6.45, 7) is 4.75. The van der Waals surface area contributed by atoms with E-state index in [0.29, 0.717) is 18.8 Å². The van der Waals surface area contributed by atoms with Crippen molar-refractivity contribution in [2.75, 3.05) is 19.8 Å². The van der Waals surface area contributed by atoms with Crippen LogP contribution in [0.15, 0.2) is 18.2 Å². The molecule has 1 aromatic carbocycles. The highest BCUT2D eigenvalue weighted by Crippen LogP contribution is 2.34. The summed E-state index contributed by atoms with van der Waals surface area (Å²) < 4.78 is 11.2. The first-order chi connectivity index (χ1) is 8.81. The molecule has 2 aliphatic rings. The number of fused-ring (bicyclic) bond motifs is 1. The van der Waals surface area contributed by atoms with Gasteiger partial charge in [-0.25, -0.2) is 0 Å². The van der Waals surface area contributed by atoms with Gasteiger partial charge >= 0.3 is 0 Å². The van der Waals surface area contributed by atoms with Gasteiger partial charge in [-0.1, -0.05) is 13.0 Å². The van der Waals surface area contributed by atoms with E-state index in [0.717, 1.165) is 24.5 Å². The van der Waals surface area contributed by atoms with Crippen LogP contribution in [0.2, 0.25) is 0 Å². The molecule has 0 spiro atoms. The SMILES string of the molecule is CCC1(Cc2ccc3c(c2)OCCO3)CCCN1. The van der Waals surface area contributed by atoms with E-state index in [4.69, 9.17) is 9.47 Å². The van der Waals surface area contributed by atoms with Crippen LogP contribution in [-0.4, -0.2) is 25.3 Å². The maximum Gasteiger partial charge on any atom is 0.161 e. The zero-order valence-electron chi connectivity index (χ0n) is 11.0. The van der Waals surface area contributed by atoms with Gasteiger partial charge in [0.25, 0.3) is 0 Å². The van der Waals surface area contributed by atoms with Crippen molar-refractivity contribution in [3.63, 3.8) is 0 Å². The lowest BCUT2D eigenvalue weighted by molar-refractivity contribution is 0.171. The summed E-state index contributed by atoms with van der Waals surface area (Å²) in [4.78, 5) is 0. The number of rotatable bonds is 3. The summed E-state index contributed by atoms with van der Waals surface area (Å²) in [7, 11) is 0. The van der Waals surface area contributed by atoms with Gasteiger partial charge < -0.3 is 14.8 Å². The third-order valence-electron chi connectivity index (χ3n) is 4.16. The molecule has 98 valence electrons. The largest absolute Gasteiger partial charge is 0.486 e. The molecule has 1 saturated heterocycles.